The van der Waals surface area contributed by atoms with E-state index in [9.17, 15) is 0 Å². The van der Waals surface area contributed by atoms with Crippen LogP contribution in [0.4, 0.5) is 0 Å². The Hall–Kier alpha value is -0.860. The Balaban J connectivity index is 2.65. The SMILES string of the molecule is CNC(COC(C)C)c1cccc(C)c1. The van der Waals surface area contributed by atoms with Gasteiger partial charge in [-0.1, -0.05) is 29.8 Å². The number of hydrogen-bond acceptors (Lipinski definition) is 2. The molecule has 0 aliphatic heterocycles. The van der Waals surface area contributed by atoms with Gasteiger partial charge in [-0.2, -0.15) is 0 Å². The molecule has 1 atom stereocenters. The zero-order valence-corrected chi connectivity index (χ0v) is 10.1. The third kappa shape index (κ3) is 4.02. The first-order valence-electron chi connectivity index (χ1n) is 5.49. The minimum absolute atomic E-state index is 0.283. The maximum Gasteiger partial charge on any atom is 0.0664 e. The summed E-state index contributed by atoms with van der Waals surface area (Å²) in [6.07, 6.45) is 0.283. The molecule has 0 saturated carbocycles. The Kier molecular flexibility index (Phi) is 4.79. The zero-order chi connectivity index (χ0) is 11.3. The normalized spacial score (nSPS) is 13.1. The fraction of sp³-hybridized carbons (Fsp3) is 0.538. The first kappa shape index (κ1) is 12.2. The molecule has 2 nitrogen and oxygen atoms in total. The lowest BCUT2D eigenvalue weighted by atomic mass is 10.1. The van der Waals surface area contributed by atoms with E-state index >= 15 is 0 Å². The van der Waals surface area contributed by atoms with Gasteiger partial charge in [-0.05, 0) is 33.4 Å². The predicted octanol–water partition coefficient (Wildman–Crippen LogP) is 2.68. The highest BCUT2D eigenvalue weighted by Crippen LogP contribution is 2.14. The molecule has 0 bridgehead atoms. The molecule has 1 rings (SSSR count). The Morgan fingerprint density at radius 2 is 2.07 bits per heavy atom. The molecule has 1 N–H and O–H groups in total. The van der Waals surface area contributed by atoms with Crippen LogP contribution in [0.25, 0.3) is 0 Å². The molecule has 0 spiro atoms. The van der Waals surface area contributed by atoms with Crippen LogP contribution >= 0.6 is 0 Å². The summed E-state index contributed by atoms with van der Waals surface area (Å²) in [5.41, 5.74) is 2.58. The van der Waals surface area contributed by atoms with E-state index in [1.54, 1.807) is 0 Å². The summed E-state index contributed by atoms with van der Waals surface area (Å²) in [6.45, 7) is 6.95. The average molecular weight is 207 g/mol. The number of rotatable bonds is 5. The van der Waals surface area contributed by atoms with Gasteiger partial charge < -0.3 is 10.1 Å². The second-order valence-electron chi connectivity index (χ2n) is 4.14. The fourth-order valence-electron chi connectivity index (χ4n) is 1.52. The summed E-state index contributed by atoms with van der Waals surface area (Å²) < 4.78 is 5.63. The van der Waals surface area contributed by atoms with Crippen LogP contribution in [-0.2, 0) is 4.74 Å². The van der Waals surface area contributed by atoms with Crippen molar-refractivity contribution < 1.29 is 4.74 Å². The maximum atomic E-state index is 5.63. The van der Waals surface area contributed by atoms with Crippen LogP contribution in [0, 0.1) is 6.92 Å². The first-order chi connectivity index (χ1) is 7.13. The van der Waals surface area contributed by atoms with Crippen molar-refractivity contribution in [3.63, 3.8) is 0 Å². The van der Waals surface area contributed by atoms with Crippen molar-refractivity contribution in [1.82, 2.24) is 5.32 Å². The van der Waals surface area contributed by atoms with Crippen LogP contribution in [-0.4, -0.2) is 19.8 Å². The van der Waals surface area contributed by atoms with Crippen LogP contribution in [0.1, 0.15) is 31.0 Å². The van der Waals surface area contributed by atoms with Crippen molar-refractivity contribution >= 4 is 0 Å². The van der Waals surface area contributed by atoms with Gasteiger partial charge in [-0.15, -0.1) is 0 Å². The average Bonchev–Trinajstić information content (AvgIpc) is 2.18. The molecular formula is C13H21NO. The van der Waals surface area contributed by atoms with Crippen LogP contribution in [0.15, 0.2) is 24.3 Å². The first-order valence-corrected chi connectivity index (χ1v) is 5.49. The van der Waals surface area contributed by atoms with Crippen LogP contribution in [0.5, 0.6) is 0 Å². The van der Waals surface area contributed by atoms with E-state index in [1.807, 2.05) is 7.05 Å². The van der Waals surface area contributed by atoms with Gasteiger partial charge in [0.25, 0.3) is 0 Å². The van der Waals surface area contributed by atoms with E-state index in [-0.39, 0.29) is 12.1 Å². The monoisotopic (exact) mass is 207 g/mol. The third-order valence-corrected chi connectivity index (χ3v) is 2.39. The highest BCUT2D eigenvalue weighted by Gasteiger charge is 2.09. The molecule has 1 aromatic carbocycles. The molecule has 1 aromatic rings. The quantitative estimate of drug-likeness (QED) is 0.801. The van der Waals surface area contributed by atoms with Gasteiger partial charge in [0.2, 0.25) is 0 Å². The maximum absolute atomic E-state index is 5.63. The molecule has 0 aromatic heterocycles. The molecular weight excluding hydrogens is 186 g/mol. The lowest BCUT2D eigenvalue weighted by molar-refractivity contribution is 0.0626. The molecule has 0 heterocycles. The van der Waals surface area contributed by atoms with Crippen molar-refractivity contribution in [3.05, 3.63) is 35.4 Å². The summed E-state index contributed by atoms with van der Waals surface area (Å²) >= 11 is 0. The summed E-state index contributed by atoms with van der Waals surface area (Å²) in [6, 6.07) is 8.82. The van der Waals surface area contributed by atoms with Gasteiger partial charge >= 0.3 is 0 Å². The van der Waals surface area contributed by atoms with Crippen molar-refractivity contribution in [2.45, 2.75) is 32.9 Å². The fourth-order valence-corrected chi connectivity index (χ4v) is 1.52. The Morgan fingerprint density at radius 1 is 1.33 bits per heavy atom. The molecule has 0 saturated heterocycles. The van der Waals surface area contributed by atoms with E-state index in [0.717, 1.165) is 6.61 Å². The number of hydrogen-bond donors (Lipinski definition) is 1. The molecule has 0 fully saturated rings. The third-order valence-electron chi connectivity index (χ3n) is 2.39. The Morgan fingerprint density at radius 3 is 2.60 bits per heavy atom. The van der Waals surface area contributed by atoms with Gasteiger partial charge in [0.05, 0.1) is 18.8 Å². The van der Waals surface area contributed by atoms with Crippen molar-refractivity contribution in [2.75, 3.05) is 13.7 Å². The molecule has 0 aliphatic carbocycles. The molecule has 0 radical (unpaired) electrons. The minimum atomic E-state index is 0.283. The van der Waals surface area contributed by atoms with E-state index in [0.29, 0.717) is 0 Å². The standard InChI is InChI=1S/C13H21NO/c1-10(2)15-9-13(14-4)12-7-5-6-11(3)8-12/h5-8,10,13-14H,9H2,1-4H3. The number of likely N-dealkylation sites (N-methyl/N-ethyl adjacent to an activating group) is 1. The van der Waals surface area contributed by atoms with E-state index in [4.69, 9.17) is 4.74 Å². The smallest absolute Gasteiger partial charge is 0.0664 e. The Labute approximate surface area is 92.6 Å². The second kappa shape index (κ2) is 5.89. The number of benzene rings is 1. The Bertz CT molecular complexity index is 296. The van der Waals surface area contributed by atoms with Crippen LogP contribution < -0.4 is 5.32 Å². The van der Waals surface area contributed by atoms with Gasteiger partial charge in [0.15, 0.2) is 0 Å². The second-order valence-corrected chi connectivity index (χ2v) is 4.14. The summed E-state index contributed by atoms with van der Waals surface area (Å²) in [5, 5.41) is 3.28. The van der Waals surface area contributed by atoms with Gasteiger partial charge in [0, 0.05) is 0 Å². The van der Waals surface area contributed by atoms with E-state index in [1.165, 1.54) is 11.1 Å². The van der Waals surface area contributed by atoms with Crippen molar-refractivity contribution in [3.8, 4) is 0 Å². The lowest BCUT2D eigenvalue weighted by Crippen LogP contribution is -2.23. The van der Waals surface area contributed by atoms with Gasteiger partial charge in [-0.3, -0.25) is 0 Å². The molecule has 0 amide bonds. The molecule has 0 aliphatic rings. The topological polar surface area (TPSA) is 21.3 Å². The lowest BCUT2D eigenvalue weighted by Gasteiger charge is -2.18. The zero-order valence-electron chi connectivity index (χ0n) is 10.1. The van der Waals surface area contributed by atoms with Crippen LogP contribution in [0.3, 0.4) is 0 Å². The van der Waals surface area contributed by atoms with E-state index in [2.05, 4.69) is 50.4 Å². The highest BCUT2D eigenvalue weighted by molar-refractivity contribution is 5.25. The van der Waals surface area contributed by atoms with Gasteiger partial charge in [-0.25, -0.2) is 0 Å². The van der Waals surface area contributed by atoms with Crippen LogP contribution in [0.2, 0.25) is 0 Å². The highest BCUT2D eigenvalue weighted by atomic mass is 16.5. The largest absolute Gasteiger partial charge is 0.377 e. The predicted molar refractivity (Wildman–Crippen MR) is 64.1 cm³/mol. The van der Waals surface area contributed by atoms with Gasteiger partial charge in [0.1, 0.15) is 0 Å². The summed E-state index contributed by atoms with van der Waals surface area (Å²) in [7, 11) is 1.97. The minimum Gasteiger partial charge on any atom is -0.377 e. The number of aryl methyl sites for hydroxylation is 1. The van der Waals surface area contributed by atoms with Crippen molar-refractivity contribution in [2.24, 2.45) is 0 Å². The summed E-state index contributed by atoms with van der Waals surface area (Å²) in [4.78, 5) is 0. The molecule has 1 unspecified atom stereocenters. The molecule has 2 heteroatoms. The summed E-state index contributed by atoms with van der Waals surface area (Å²) in [5.74, 6) is 0. The molecule has 84 valence electrons. The molecule has 15 heavy (non-hydrogen) atoms. The number of ether oxygens (including phenoxy) is 1. The van der Waals surface area contributed by atoms with E-state index < -0.39 is 0 Å². The number of nitrogens with one attached hydrogen (secondary N) is 1. The van der Waals surface area contributed by atoms with Crippen molar-refractivity contribution in [1.29, 1.82) is 0 Å².